The van der Waals surface area contributed by atoms with Gasteiger partial charge in [-0.3, -0.25) is 4.79 Å². The maximum atomic E-state index is 12.0. The number of nitrogens with one attached hydrogen (secondary N) is 1. The van der Waals surface area contributed by atoms with E-state index in [1.54, 1.807) is 19.2 Å². The molecule has 0 bridgehead atoms. The number of hydrogen-bond acceptors (Lipinski definition) is 3. The molecule has 2 N–H and O–H groups in total. The average molecular weight is 249 g/mol. The van der Waals surface area contributed by atoms with E-state index in [1.165, 1.54) is 0 Å². The van der Waals surface area contributed by atoms with E-state index in [-0.39, 0.29) is 12.0 Å². The van der Waals surface area contributed by atoms with Gasteiger partial charge in [0.15, 0.2) is 0 Å². The maximum absolute atomic E-state index is 12.0. The van der Waals surface area contributed by atoms with Gasteiger partial charge in [-0.2, -0.15) is 0 Å². The minimum atomic E-state index is -0.196. The molecule has 0 spiro atoms. The Kier molecular flexibility index (Phi) is 4.20. The molecule has 4 heteroatoms. The lowest BCUT2D eigenvalue weighted by atomic mass is 10.1. The smallest absolute Gasteiger partial charge is 0.255 e. The molecule has 98 valence electrons. The topological polar surface area (TPSA) is 58.6 Å². The number of carbonyl (C=O) groups excluding carboxylic acids is 1. The van der Waals surface area contributed by atoms with Crippen molar-refractivity contribution in [1.82, 2.24) is 5.32 Å². The fourth-order valence-electron chi connectivity index (χ4n) is 2.40. The van der Waals surface area contributed by atoms with E-state index in [0.29, 0.717) is 23.8 Å². The Hall–Kier alpha value is -1.55. The molecular formula is C14H19NO3. The molecule has 1 aromatic rings. The van der Waals surface area contributed by atoms with Crippen LogP contribution in [-0.2, 0) is 0 Å². The van der Waals surface area contributed by atoms with Gasteiger partial charge in [-0.05, 0) is 37.3 Å². The Labute approximate surface area is 107 Å². The second-order valence-corrected chi connectivity index (χ2v) is 4.74. The fraction of sp³-hybridized carbons (Fsp3) is 0.500. The standard InChI is InChI=1S/C14H19NO3/c1-18-13-5-3-2-4-12(13)14(17)15-9-10-6-7-11(16)8-10/h2-5,10-11,16H,6-9H2,1H3,(H,15,17). The highest BCUT2D eigenvalue weighted by atomic mass is 16.5. The number of carbonyl (C=O) groups is 1. The maximum Gasteiger partial charge on any atom is 0.255 e. The lowest BCUT2D eigenvalue weighted by molar-refractivity contribution is 0.0942. The third-order valence-corrected chi connectivity index (χ3v) is 3.42. The number of amides is 1. The molecule has 0 heterocycles. The SMILES string of the molecule is COc1ccccc1C(=O)NCC1CCC(O)C1. The molecule has 1 aliphatic rings. The number of methoxy groups -OCH3 is 1. The van der Waals surface area contributed by atoms with Crippen molar-refractivity contribution in [2.45, 2.75) is 25.4 Å². The first-order valence-corrected chi connectivity index (χ1v) is 6.30. The van der Waals surface area contributed by atoms with Gasteiger partial charge in [-0.15, -0.1) is 0 Å². The van der Waals surface area contributed by atoms with Gasteiger partial charge < -0.3 is 15.2 Å². The molecule has 2 unspecified atom stereocenters. The van der Waals surface area contributed by atoms with E-state index in [1.807, 2.05) is 12.1 Å². The molecule has 4 nitrogen and oxygen atoms in total. The summed E-state index contributed by atoms with van der Waals surface area (Å²) in [6, 6.07) is 7.17. The van der Waals surface area contributed by atoms with E-state index in [4.69, 9.17) is 4.74 Å². The Bertz CT molecular complexity index is 419. The Morgan fingerprint density at radius 2 is 2.22 bits per heavy atom. The highest BCUT2D eigenvalue weighted by molar-refractivity contribution is 5.96. The molecule has 1 amide bonds. The summed E-state index contributed by atoms with van der Waals surface area (Å²) in [6.45, 7) is 0.619. The van der Waals surface area contributed by atoms with Gasteiger partial charge in [0, 0.05) is 6.54 Å². The zero-order valence-corrected chi connectivity index (χ0v) is 10.6. The van der Waals surface area contributed by atoms with Crippen molar-refractivity contribution in [3.8, 4) is 5.75 Å². The van der Waals surface area contributed by atoms with Crippen LogP contribution in [0.15, 0.2) is 24.3 Å². The molecular weight excluding hydrogens is 230 g/mol. The van der Waals surface area contributed by atoms with E-state index < -0.39 is 0 Å². The van der Waals surface area contributed by atoms with Crippen LogP contribution in [0.1, 0.15) is 29.6 Å². The second-order valence-electron chi connectivity index (χ2n) is 4.74. The van der Waals surface area contributed by atoms with E-state index in [9.17, 15) is 9.90 Å². The molecule has 2 rings (SSSR count). The van der Waals surface area contributed by atoms with Crippen LogP contribution in [0.3, 0.4) is 0 Å². The van der Waals surface area contributed by atoms with Crippen molar-refractivity contribution in [2.24, 2.45) is 5.92 Å². The summed E-state index contributed by atoms with van der Waals surface area (Å²) in [5.74, 6) is 0.856. The summed E-state index contributed by atoms with van der Waals surface area (Å²) in [5.41, 5.74) is 0.554. The summed E-state index contributed by atoms with van der Waals surface area (Å²) < 4.78 is 5.15. The number of ether oxygens (including phenoxy) is 1. The first-order chi connectivity index (χ1) is 8.70. The van der Waals surface area contributed by atoms with Crippen LogP contribution in [0.25, 0.3) is 0 Å². The van der Waals surface area contributed by atoms with Gasteiger partial charge in [0.1, 0.15) is 5.75 Å². The van der Waals surface area contributed by atoms with E-state index >= 15 is 0 Å². The average Bonchev–Trinajstić information content (AvgIpc) is 2.81. The minimum absolute atomic E-state index is 0.117. The van der Waals surface area contributed by atoms with Gasteiger partial charge >= 0.3 is 0 Å². The third-order valence-electron chi connectivity index (χ3n) is 3.42. The number of aliphatic hydroxyl groups is 1. The second kappa shape index (κ2) is 5.87. The summed E-state index contributed by atoms with van der Waals surface area (Å²) in [7, 11) is 1.56. The number of aliphatic hydroxyl groups excluding tert-OH is 1. The van der Waals surface area contributed by atoms with Gasteiger partial charge in [0.05, 0.1) is 18.8 Å². The number of rotatable bonds is 4. The van der Waals surface area contributed by atoms with Crippen molar-refractivity contribution < 1.29 is 14.6 Å². The number of hydrogen-bond donors (Lipinski definition) is 2. The monoisotopic (exact) mass is 249 g/mol. The van der Waals surface area contributed by atoms with Crippen molar-refractivity contribution in [3.63, 3.8) is 0 Å². The highest BCUT2D eigenvalue weighted by Gasteiger charge is 2.23. The molecule has 1 aromatic carbocycles. The molecule has 0 radical (unpaired) electrons. The highest BCUT2D eigenvalue weighted by Crippen LogP contribution is 2.25. The first-order valence-electron chi connectivity index (χ1n) is 6.30. The normalized spacial score (nSPS) is 22.8. The van der Waals surface area contributed by atoms with Crippen LogP contribution in [-0.4, -0.2) is 30.8 Å². The molecule has 1 aliphatic carbocycles. The third kappa shape index (κ3) is 3.01. The summed E-state index contributed by atoms with van der Waals surface area (Å²) >= 11 is 0. The van der Waals surface area contributed by atoms with Crippen LogP contribution in [0.2, 0.25) is 0 Å². The molecule has 0 saturated heterocycles. The molecule has 2 atom stereocenters. The number of benzene rings is 1. The van der Waals surface area contributed by atoms with Gasteiger partial charge in [0.25, 0.3) is 5.91 Å². The molecule has 18 heavy (non-hydrogen) atoms. The Morgan fingerprint density at radius 3 is 2.89 bits per heavy atom. The summed E-state index contributed by atoms with van der Waals surface area (Å²) in [4.78, 5) is 12.0. The fourth-order valence-corrected chi connectivity index (χ4v) is 2.40. The lowest BCUT2D eigenvalue weighted by Gasteiger charge is -2.12. The Balaban J connectivity index is 1.91. The van der Waals surface area contributed by atoms with E-state index in [2.05, 4.69) is 5.32 Å². The quantitative estimate of drug-likeness (QED) is 0.852. The van der Waals surface area contributed by atoms with Gasteiger partial charge in [0.2, 0.25) is 0 Å². The molecule has 0 aliphatic heterocycles. The zero-order chi connectivity index (χ0) is 13.0. The van der Waals surface area contributed by atoms with Gasteiger partial charge in [-0.25, -0.2) is 0 Å². The summed E-state index contributed by atoms with van der Waals surface area (Å²) in [5, 5.41) is 12.3. The van der Waals surface area contributed by atoms with Crippen molar-refractivity contribution in [1.29, 1.82) is 0 Å². The molecule has 1 saturated carbocycles. The van der Waals surface area contributed by atoms with Crippen molar-refractivity contribution in [3.05, 3.63) is 29.8 Å². The first kappa shape index (κ1) is 12.9. The van der Waals surface area contributed by atoms with E-state index in [0.717, 1.165) is 19.3 Å². The lowest BCUT2D eigenvalue weighted by Crippen LogP contribution is -2.28. The summed E-state index contributed by atoms with van der Waals surface area (Å²) in [6.07, 6.45) is 2.41. The van der Waals surface area contributed by atoms with Crippen LogP contribution >= 0.6 is 0 Å². The largest absolute Gasteiger partial charge is 0.496 e. The van der Waals surface area contributed by atoms with Gasteiger partial charge in [-0.1, -0.05) is 12.1 Å². The van der Waals surface area contributed by atoms with Crippen LogP contribution in [0.4, 0.5) is 0 Å². The number of para-hydroxylation sites is 1. The molecule has 1 fully saturated rings. The van der Waals surface area contributed by atoms with Crippen LogP contribution < -0.4 is 10.1 Å². The Morgan fingerprint density at radius 1 is 1.44 bits per heavy atom. The van der Waals surface area contributed by atoms with Crippen LogP contribution in [0, 0.1) is 5.92 Å². The van der Waals surface area contributed by atoms with Crippen LogP contribution in [0.5, 0.6) is 5.75 Å². The van der Waals surface area contributed by atoms with Crippen molar-refractivity contribution in [2.75, 3.05) is 13.7 Å². The predicted octanol–water partition coefficient (Wildman–Crippen LogP) is 1.59. The minimum Gasteiger partial charge on any atom is -0.496 e. The predicted molar refractivity (Wildman–Crippen MR) is 68.7 cm³/mol. The molecule has 0 aromatic heterocycles. The van der Waals surface area contributed by atoms with Crippen molar-refractivity contribution >= 4 is 5.91 Å². The zero-order valence-electron chi connectivity index (χ0n) is 10.6.